The first kappa shape index (κ1) is 13.3. The van der Waals surface area contributed by atoms with Crippen LogP contribution in [0.15, 0.2) is 9.27 Å². The fraction of sp³-hybridized carbons (Fsp3) is 0.714. The number of rotatable bonds is 1. The molecule has 0 aromatic carbocycles. The van der Waals surface area contributed by atoms with E-state index in [1.54, 1.807) is 0 Å². The molecule has 0 spiro atoms. The molecule has 5 heteroatoms. The number of aromatic amines is 1. The first-order valence-corrected chi connectivity index (χ1v) is 7.61. The zero-order chi connectivity index (χ0) is 13.8. The highest BCUT2D eigenvalue weighted by Gasteiger charge is 2.43. The van der Waals surface area contributed by atoms with Crippen LogP contribution in [0.2, 0.25) is 0 Å². The third-order valence-electron chi connectivity index (χ3n) is 4.05. The molecule has 1 aromatic rings. The van der Waals surface area contributed by atoms with Gasteiger partial charge in [0.25, 0.3) is 5.56 Å². The Balaban J connectivity index is 2.04. The number of fused-ring (bicyclic) bond motifs is 2. The summed E-state index contributed by atoms with van der Waals surface area (Å²) in [6.07, 6.45) is 3.82. The van der Waals surface area contributed by atoms with Crippen LogP contribution in [0.5, 0.6) is 0 Å². The van der Waals surface area contributed by atoms with Crippen LogP contribution in [-0.2, 0) is 10.2 Å². The molecule has 19 heavy (non-hydrogen) atoms. The third kappa shape index (κ3) is 2.27. The van der Waals surface area contributed by atoms with Crippen LogP contribution in [-0.4, -0.2) is 22.2 Å². The van der Waals surface area contributed by atoms with Crippen LogP contribution in [0.25, 0.3) is 0 Å². The number of halogens is 1. The fourth-order valence-electron chi connectivity index (χ4n) is 3.07. The molecule has 104 valence electrons. The number of ether oxygens (including phenoxy) is 1. The number of hydrogen-bond acceptors (Lipinski definition) is 3. The molecule has 2 saturated heterocycles. The Bertz CT molecular complexity index is 562. The standard InChI is InChI=1S/C14H19BrN2O2/c1-14(2,3)11-10(15)13(18)17-12(16-11)8-6-7-4-5-9(8)19-7/h7-9H,4-6H2,1-3H3,(H,16,17,18). The number of nitrogens with zero attached hydrogens (tertiary/aromatic N) is 1. The van der Waals surface area contributed by atoms with Crippen molar-refractivity contribution in [3.8, 4) is 0 Å². The highest BCUT2D eigenvalue weighted by molar-refractivity contribution is 9.10. The summed E-state index contributed by atoms with van der Waals surface area (Å²) >= 11 is 3.36. The minimum absolute atomic E-state index is 0.0855. The SMILES string of the molecule is CC(C)(C)c1nc(C2CC3CCC2O3)[nH]c(=O)c1Br. The smallest absolute Gasteiger partial charge is 0.265 e. The van der Waals surface area contributed by atoms with Crippen LogP contribution >= 0.6 is 15.9 Å². The van der Waals surface area contributed by atoms with Crippen LogP contribution in [0.3, 0.4) is 0 Å². The van der Waals surface area contributed by atoms with Gasteiger partial charge >= 0.3 is 0 Å². The van der Waals surface area contributed by atoms with Gasteiger partial charge in [0, 0.05) is 11.3 Å². The summed E-state index contributed by atoms with van der Waals surface area (Å²) < 4.78 is 6.41. The lowest BCUT2D eigenvalue weighted by atomic mass is 9.87. The molecule has 1 N–H and O–H groups in total. The second kappa shape index (κ2) is 4.42. The molecule has 0 amide bonds. The van der Waals surface area contributed by atoms with Crippen molar-refractivity contribution in [2.45, 2.75) is 63.6 Å². The van der Waals surface area contributed by atoms with Gasteiger partial charge in [0.05, 0.1) is 17.9 Å². The molecule has 3 heterocycles. The summed E-state index contributed by atoms with van der Waals surface area (Å²) in [4.78, 5) is 19.7. The molecule has 2 aliphatic rings. The Morgan fingerprint density at radius 2 is 2.11 bits per heavy atom. The molecule has 3 unspecified atom stereocenters. The van der Waals surface area contributed by atoms with E-state index < -0.39 is 0 Å². The summed E-state index contributed by atoms with van der Waals surface area (Å²) in [5.74, 6) is 1.05. The molecule has 2 bridgehead atoms. The van der Waals surface area contributed by atoms with Gasteiger partial charge in [0.1, 0.15) is 10.3 Å². The van der Waals surface area contributed by atoms with Gasteiger partial charge in [0.15, 0.2) is 0 Å². The van der Waals surface area contributed by atoms with E-state index in [1.807, 2.05) is 0 Å². The molecule has 3 atom stereocenters. The molecule has 3 rings (SSSR count). The summed E-state index contributed by atoms with van der Waals surface area (Å²) in [6.45, 7) is 6.21. The Labute approximate surface area is 121 Å². The van der Waals surface area contributed by atoms with E-state index in [2.05, 4.69) is 41.7 Å². The van der Waals surface area contributed by atoms with Gasteiger partial charge in [-0.05, 0) is 35.2 Å². The molecule has 2 aliphatic heterocycles. The average Bonchev–Trinajstić information content (AvgIpc) is 2.92. The van der Waals surface area contributed by atoms with Crippen molar-refractivity contribution in [1.29, 1.82) is 0 Å². The van der Waals surface area contributed by atoms with E-state index in [-0.39, 0.29) is 23.0 Å². The predicted octanol–water partition coefficient (Wildman–Crippen LogP) is 2.86. The molecular weight excluding hydrogens is 308 g/mol. The second-order valence-corrected chi connectivity index (χ2v) is 7.37. The maximum atomic E-state index is 12.1. The normalized spacial score (nSPS) is 30.0. The molecule has 0 aliphatic carbocycles. The fourth-order valence-corrected chi connectivity index (χ4v) is 3.86. The van der Waals surface area contributed by atoms with Gasteiger partial charge in [0.2, 0.25) is 0 Å². The van der Waals surface area contributed by atoms with Gasteiger partial charge in [-0.25, -0.2) is 4.98 Å². The first-order valence-electron chi connectivity index (χ1n) is 6.82. The molecule has 2 fully saturated rings. The second-order valence-electron chi connectivity index (χ2n) is 6.58. The van der Waals surface area contributed by atoms with Crippen LogP contribution in [0.1, 0.15) is 57.5 Å². The van der Waals surface area contributed by atoms with Crippen molar-refractivity contribution >= 4 is 15.9 Å². The molecule has 4 nitrogen and oxygen atoms in total. The van der Waals surface area contributed by atoms with Crippen molar-refractivity contribution < 1.29 is 4.74 Å². The maximum absolute atomic E-state index is 12.1. The molecular formula is C14H19BrN2O2. The third-order valence-corrected chi connectivity index (χ3v) is 4.78. The van der Waals surface area contributed by atoms with Gasteiger partial charge in [-0.15, -0.1) is 0 Å². The first-order chi connectivity index (χ1) is 8.86. The summed E-state index contributed by atoms with van der Waals surface area (Å²) in [5.41, 5.74) is 0.590. The average molecular weight is 327 g/mol. The van der Waals surface area contributed by atoms with Crippen molar-refractivity contribution in [3.05, 3.63) is 26.3 Å². The van der Waals surface area contributed by atoms with Crippen LogP contribution in [0.4, 0.5) is 0 Å². The lowest BCUT2D eigenvalue weighted by molar-refractivity contribution is 0.0998. The topological polar surface area (TPSA) is 55.0 Å². The monoisotopic (exact) mass is 326 g/mol. The van der Waals surface area contributed by atoms with E-state index >= 15 is 0 Å². The Hall–Kier alpha value is -0.680. The summed E-state index contributed by atoms with van der Waals surface area (Å²) in [7, 11) is 0. The highest BCUT2D eigenvalue weighted by Crippen LogP contribution is 2.43. The van der Waals surface area contributed by atoms with Crippen molar-refractivity contribution in [2.75, 3.05) is 0 Å². The van der Waals surface area contributed by atoms with Crippen molar-refractivity contribution in [1.82, 2.24) is 9.97 Å². The maximum Gasteiger partial charge on any atom is 0.265 e. The number of H-pyrrole nitrogens is 1. The Kier molecular flexibility index (Phi) is 3.09. The lowest BCUT2D eigenvalue weighted by Crippen LogP contribution is -2.27. The lowest BCUT2D eigenvalue weighted by Gasteiger charge is -2.23. The number of aromatic nitrogens is 2. The van der Waals surface area contributed by atoms with E-state index in [1.165, 1.54) is 0 Å². The Morgan fingerprint density at radius 3 is 2.63 bits per heavy atom. The minimum Gasteiger partial charge on any atom is -0.374 e. The Morgan fingerprint density at radius 1 is 1.37 bits per heavy atom. The van der Waals surface area contributed by atoms with Gasteiger partial charge in [-0.2, -0.15) is 0 Å². The van der Waals surface area contributed by atoms with Crippen LogP contribution in [0, 0.1) is 0 Å². The van der Waals surface area contributed by atoms with E-state index in [9.17, 15) is 4.79 Å². The van der Waals surface area contributed by atoms with Gasteiger partial charge in [-0.1, -0.05) is 20.8 Å². The quantitative estimate of drug-likeness (QED) is 0.863. The molecule has 1 aromatic heterocycles. The van der Waals surface area contributed by atoms with E-state index in [0.29, 0.717) is 10.6 Å². The largest absolute Gasteiger partial charge is 0.374 e. The highest BCUT2D eigenvalue weighted by atomic mass is 79.9. The zero-order valence-electron chi connectivity index (χ0n) is 11.5. The van der Waals surface area contributed by atoms with Crippen LogP contribution < -0.4 is 5.56 Å². The van der Waals surface area contributed by atoms with Crippen molar-refractivity contribution in [2.24, 2.45) is 0 Å². The zero-order valence-corrected chi connectivity index (χ0v) is 13.1. The van der Waals surface area contributed by atoms with Gasteiger partial charge in [-0.3, -0.25) is 4.79 Å². The van der Waals surface area contributed by atoms with E-state index in [4.69, 9.17) is 9.72 Å². The summed E-state index contributed by atoms with van der Waals surface area (Å²) in [5, 5.41) is 0. The van der Waals surface area contributed by atoms with Crippen molar-refractivity contribution in [3.63, 3.8) is 0 Å². The minimum atomic E-state index is -0.152. The number of hydrogen-bond donors (Lipinski definition) is 1. The van der Waals surface area contributed by atoms with Gasteiger partial charge < -0.3 is 9.72 Å². The molecule has 0 radical (unpaired) electrons. The summed E-state index contributed by atoms with van der Waals surface area (Å²) in [6, 6.07) is 0. The number of nitrogens with one attached hydrogen (secondary N) is 1. The predicted molar refractivity (Wildman–Crippen MR) is 76.5 cm³/mol. The molecule has 0 saturated carbocycles. The van der Waals surface area contributed by atoms with E-state index in [0.717, 1.165) is 30.8 Å².